The normalized spacial score (nSPS) is 14.3. The minimum absolute atomic E-state index is 0.323. The number of ether oxygens (including phenoxy) is 1. The molecule has 0 atom stereocenters. The first-order valence-corrected chi connectivity index (χ1v) is 10.7. The molecule has 1 aromatic carbocycles. The Morgan fingerprint density at radius 1 is 1.16 bits per heavy atom. The van der Waals surface area contributed by atoms with E-state index in [0.29, 0.717) is 41.1 Å². The lowest BCUT2D eigenvalue weighted by atomic mass is 10.2. The van der Waals surface area contributed by atoms with E-state index >= 15 is 0 Å². The van der Waals surface area contributed by atoms with Crippen LogP contribution in [0.2, 0.25) is 5.02 Å². The first-order chi connectivity index (χ1) is 15.6. The first kappa shape index (κ1) is 21.8. The summed E-state index contributed by atoms with van der Waals surface area (Å²) < 4.78 is 7.20. The van der Waals surface area contributed by atoms with Crippen LogP contribution in [-0.4, -0.2) is 46.7 Å². The third kappa shape index (κ3) is 4.74. The number of imidazole rings is 1. The number of rotatable bonds is 6. The smallest absolute Gasteiger partial charge is 0.260 e. The van der Waals surface area contributed by atoms with Crippen molar-refractivity contribution in [1.29, 1.82) is 0 Å². The highest BCUT2D eigenvalue weighted by atomic mass is 35.5. The Labute approximate surface area is 192 Å². The van der Waals surface area contributed by atoms with Crippen molar-refractivity contribution in [3.05, 3.63) is 78.2 Å². The highest BCUT2D eigenvalue weighted by molar-refractivity contribution is 6.33. The lowest BCUT2D eigenvalue weighted by Crippen LogP contribution is -2.36. The number of carbonyl (C=O) groups is 1. The number of nitrogens with one attached hydrogen (secondary N) is 1. The molecule has 2 aromatic heterocycles. The molecule has 1 aliphatic rings. The molecule has 1 amide bonds. The lowest BCUT2D eigenvalue weighted by molar-refractivity contribution is -0.111. The van der Waals surface area contributed by atoms with E-state index in [2.05, 4.69) is 26.8 Å². The number of anilines is 2. The van der Waals surface area contributed by atoms with Gasteiger partial charge in [0.1, 0.15) is 17.5 Å². The first-order valence-electron chi connectivity index (χ1n) is 10.3. The fraction of sp³-hybridized carbons (Fsp3) is 0.208. The number of nitrogens with zero attached hydrogens (tertiary/aromatic N) is 4. The summed E-state index contributed by atoms with van der Waals surface area (Å²) in [5.41, 5.74) is 1.86. The molecule has 1 aliphatic heterocycles. The van der Waals surface area contributed by atoms with Gasteiger partial charge in [-0.15, -0.1) is 0 Å². The number of aryl methyl sites for hydroxylation is 1. The van der Waals surface area contributed by atoms with E-state index in [-0.39, 0.29) is 5.91 Å². The maximum Gasteiger partial charge on any atom is 0.260 e. The number of amides is 1. The topological polar surface area (TPSA) is 72.3 Å². The summed E-state index contributed by atoms with van der Waals surface area (Å²) in [6, 6.07) is 13.0. The van der Waals surface area contributed by atoms with E-state index in [9.17, 15) is 4.79 Å². The Morgan fingerprint density at radius 2 is 1.94 bits per heavy atom. The van der Waals surface area contributed by atoms with Crippen LogP contribution in [0.15, 0.2) is 67.4 Å². The molecule has 0 radical (unpaired) electrons. The molecule has 1 saturated heterocycles. The van der Waals surface area contributed by atoms with Gasteiger partial charge >= 0.3 is 0 Å². The molecule has 32 heavy (non-hydrogen) atoms. The number of hydrogen-bond donors (Lipinski definition) is 1. The van der Waals surface area contributed by atoms with Crippen molar-refractivity contribution in [3.8, 4) is 11.3 Å². The zero-order chi connectivity index (χ0) is 22.5. The number of allylic oxidation sites excluding steroid dienone is 2. The van der Waals surface area contributed by atoms with Gasteiger partial charge in [-0.1, -0.05) is 48.5 Å². The number of morpholine rings is 1. The molecule has 7 nitrogen and oxygen atoms in total. The van der Waals surface area contributed by atoms with Crippen molar-refractivity contribution in [2.45, 2.75) is 0 Å². The summed E-state index contributed by atoms with van der Waals surface area (Å²) in [4.78, 5) is 24.6. The SMILES string of the molecule is C=C/C=C(/C(=O)Nc1cccc(N2CCOCC2)n1)c1nc(-c2ccccc2Cl)cn1C. The monoisotopic (exact) mass is 449 g/mol. The Balaban J connectivity index is 1.59. The van der Waals surface area contributed by atoms with Gasteiger partial charge in [0.05, 0.1) is 29.5 Å². The Bertz CT molecular complexity index is 1160. The summed E-state index contributed by atoms with van der Waals surface area (Å²) in [5, 5.41) is 3.49. The van der Waals surface area contributed by atoms with Gasteiger partial charge in [0.25, 0.3) is 5.91 Å². The molecular formula is C24H24ClN5O2. The van der Waals surface area contributed by atoms with Crippen LogP contribution < -0.4 is 10.2 Å². The average Bonchev–Trinajstić information content (AvgIpc) is 3.19. The standard InChI is InChI=1S/C24H24ClN5O2/c1-3-7-18(23-26-20(16-29(23)2)17-8-4-5-9-19(17)25)24(31)28-21-10-6-11-22(27-21)30-12-14-32-15-13-30/h3-11,16H,1,12-15H2,2H3,(H,27,28,31)/b18-7+. The fourth-order valence-electron chi connectivity index (χ4n) is 3.53. The highest BCUT2D eigenvalue weighted by Gasteiger charge is 2.20. The van der Waals surface area contributed by atoms with E-state index in [1.807, 2.05) is 49.6 Å². The van der Waals surface area contributed by atoms with Crippen LogP contribution in [0.5, 0.6) is 0 Å². The largest absolute Gasteiger partial charge is 0.378 e. The Morgan fingerprint density at radius 3 is 2.69 bits per heavy atom. The van der Waals surface area contributed by atoms with Crippen molar-refractivity contribution < 1.29 is 9.53 Å². The number of halogens is 1. The molecule has 3 aromatic rings. The second kappa shape index (κ2) is 9.80. The number of aromatic nitrogens is 3. The molecule has 0 bridgehead atoms. The van der Waals surface area contributed by atoms with Crippen molar-refractivity contribution in [2.24, 2.45) is 7.05 Å². The van der Waals surface area contributed by atoms with E-state index in [0.717, 1.165) is 24.5 Å². The van der Waals surface area contributed by atoms with Gasteiger partial charge in [-0.2, -0.15) is 0 Å². The molecule has 164 valence electrons. The molecule has 0 aliphatic carbocycles. The zero-order valence-electron chi connectivity index (χ0n) is 17.8. The summed E-state index contributed by atoms with van der Waals surface area (Å²) >= 11 is 6.33. The molecule has 4 rings (SSSR count). The zero-order valence-corrected chi connectivity index (χ0v) is 18.5. The quantitative estimate of drug-likeness (QED) is 0.451. The van der Waals surface area contributed by atoms with Crippen LogP contribution >= 0.6 is 11.6 Å². The Kier molecular flexibility index (Phi) is 6.68. The van der Waals surface area contributed by atoms with E-state index in [1.54, 1.807) is 22.8 Å². The van der Waals surface area contributed by atoms with Gasteiger partial charge < -0.3 is 19.5 Å². The van der Waals surface area contributed by atoms with Gasteiger partial charge in [-0.3, -0.25) is 4.79 Å². The van der Waals surface area contributed by atoms with E-state index < -0.39 is 0 Å². The van der Waals surface area contributed by atoms with Gasteiger partial charge in [-0.05, 0) is 24.3 Å². The van der Waals surface area contributed by atoms with Crippen LogP contribution in [0.25, 0.3) is 16.8 Å². The van der Waals surface area contributed by atoms with Crippen LogP contribution in [-0.2, 0) is 16.6 Å². The van der Waals surface area contributed by atoms with Crippen molar-refractivity contribution in [3.63, 3.8) is 0 Å². The second-order valence-corrected chi connectivity index (χ2v) is 7.70. The molecule has 1 fully saturated rings. The van der Waals surface area contributed by atoms with Crippen LogP contribution in [0, 0.1) is 0 Å². The molecule has 8 heteroatoms. The number of benzene rings is 1. The molecule has 3 heterocycles. The maximum absolute atomic E-state index is 13.2. The molecule has 0 saturated carbocycles. The molecule has 0 unspecified atom stereocenters. The predicted octanol–water partition coefficient (Wildman–Crippen LogP) is 4.18. The molecule has 0 spiro atoms. The van der Waals surface area contributed by atoms with Gasteiger partial charge in [0.2, 0.25) is 0 Å². The average molecular weight is 450 g/mol. The summed E-state index contributed by atoms with van der Waals surface area (Å²) in [6.45, 7) is 6.61. The van der Waals surface area contributed by atoms with Gasteiger partial charge in [0, 0.05) is 31.9 Å². The van der Waals surface area contributed by atoms with E-state index in [4.69, 9.17) is 16.3 Å². The minimum Gasteiger partial charge on any atom is -0.378 e. The second-order valence-electron chi connectivity index (χ2n) is 7.29. The number of carbonyl (C=O) groups excluding carboxylic acids is 1. The van der Waals surface area contributed by atoms with Gasteiger partial charge in [-0.25, -0.2) is 9.97 Å². The minimum atomic E-state index is -0.323. The van der Waals surface area contributed by atoms with Gasteiger partial charge in [0.15, 0.2) is 0 Å². The summed E-state index contributed by atoms with van der Waals surface area (Å²) in [7, 11) is 1.84. The van der Waals surface area contributed by atoms with Crippen molar-refractivity contribution >= 4 is 34.7 Å². The number of hydrogen-bond acceptors (Lipinski definition) is 5. The van der Waals surface area contributed by atoms with Crippen LogP contribution in [0.4, 0.5) is 11.6 Å². The van der Waals surface area contributed by atoms with E-state index in [1.165, 1.54) is 0 Å². The maximum atomic E-state index is 13.2. The third-order valence-corrected chi connectivity index (χ3v) is 5.44. The predicted molar refractivity (Wildman–Crippen MR) is 128 cm³/mol. The fourth-order valence-corrected chi connectivity index (χ4v) is 3.76. The van der Waals surface area contributed by atoms with Crippen molar-refractivity contribution in [2.75, 3.05) is 36.5 Å². The Hall–Kier alpha value is -3.42. The highest BCUT2D eigenvalue weighted by Crippen LogP contribution is 2.28. The summed E-state index contributed by atoms with van der Waals surface area (Å²) in [5.74, 6) is 1.45. The number of pyridine rings is 1. The third-order valence-electron chi connectivity index (χ3n) is 5.11. The molecular weight excluding hydrogens is 426 g/mol. The van der Waals surface area contributed by atoms with Crippen LogP contribution in [0.3, 0.4) is 0 Å². The molecule has 1 N–H and O–H groups in total. The van der Waals surface area contributed by atoms with Crippen LogP contribution in [0.1, 0.15) is 5.82 Å². The van der Waals surface area contributed by atoms with Crippen molar-refractivity contribution in [1.82, 2.24) is 14.5 Å². The summed E-state index contributed by atoms with van der Waals surface area (Å²) in [6.07, 6.45) is 5.05. The lowest BCUT2D eigenvalue weighted by Gasteiger charge is -2.28.